The Morgan fingerprint density at radius 1 is 1.36 bits per heavy atom. The smallest absolute Gasteiger partial charge is 0.319 e. The number of anilines is 1. The van der Waals surface area contributed by atoms with Gasteiger partial charge in [0.2, 0.25) is 0 Å². The molecule has 7 heteroatoms. The van der Waals surface area contributed by atoms with Gasteiger partial charge in [0, 0.05) is 12.2 Å². The molecule has 1 heterocycles. The van der Waals surface area contributed by atoms with Crippen LogP contribution < -0.4 is 10.6 Å². The first-order chi connectivity index (χ1) is 10.6. The van der Waals surface area contributed by atoms with Gasteiger partial charge in [-0.25, -0.2) is 14.5 Å². The van der Waals surface area contributed by atoms with Gasteiger partial charge in [0.25, 0.3) is 0 Å². The van der Waals surface area contributed by atoms with Crippen LogP contribution in [0.5, 0.6) is 0 Å². The van der Waals surface area contributed by atoms with Gasteiger partial charge in [0.1, 0.15) is 12.7 Å². The van der Waals surface area contributed by atoms with Crippen LogP contribution in [-0.4, -0.2) is 38.0 Å². The molecule has 0 spiro atoms. The number of hydrogen-bond acceptors (Lipinski definition) is 4. The molecule has 0 saturated heterocycles. The molecule has 116 valence electrons. The Hall–Kier alpha value is -2.41. The van der Waals surface area contributed by atoms with Crippen molar-refractivity contribution in [3.8, 4) is 0 Å². The summed E-state index contributed by atoms with van der Waals surface area (Å²) in [6.45, 7) is 0.810. The Balaban J connectivity index is 1.60. The first-order valence-corrected chi connectivity index (χ1v) is 7.32. The van der Waals surface area contributed by atoms with Crippen molar-refractivity contribution in [3.05, 3.63) is 42.5 Å². The first kappa shape index (κ1) is 14.5. The van der Waals surface area contributed by atoms with Crippen molar-refractivity contribution in [1.82, 2.24) is 20.1 Å². The Bertz CT molecular complexity index is 637. The molecule has 0 atom stereocenters. The predicted molar refractivity (Wildman–Crippen MR) is 81.4 cm³/mol. The molecule has 1 aliphatic rings. The SMILES string of the molecule is O=C(NCC1(O)CCC1)Nc1ccccc1Cn1cncn1. The highest BCUT2D eigenvalue weighted by atomic mass is 16.3. The molecule has 3 rings (SSSR count). The van der Waals surface area contributed by atoms with E-state index in [2.05, 4.69) is 20.7 Å². The second-order valence-corrected chi connectivity index (χ2v) is 5.64. The van der Waals surface area contributed by atoms with Crippen LogP contribution in [0.25, 0.3) is 0 Å². The molecular formula is C15H19N5O2. The minimum absolute atomic E-state index is 0.282. The number of hydrogen-bond donors (Lipinski definition) is 3. The van der Waals surface area contributed by atoms with E-state index in [1.807, 2.05) is 24.3 Å². The number of carbonyl (C=O) groups is 1. The number of nitrogens with one attached hydrogen (secondary N) is 2. The molecule has 1 fully saturated rings. The van der Waals surface area contributed by atoms with Crippen LogP contribution >= 0.6 is 0 Å². The van der Waals surface area contributed by atoms with E-state index in [0.717, 1.165) is 30.5 Å². The zero-order valence-electron chi connectivity index (χ0n) is 12.2. The molecule has 2 amide bonds. The fourth-order valence-corrected chi connectivity index (χ4v) is 2.44. The van der Waals surface area contributed by atoms with Crippen LogP contribution in [0, 0.1) is 0 Å². The molecule has 22 heavy (non-hydrogen) atoms. The normalized spacial score (nSPS) is 15.9. The second-order valence-electron chi connectivity index (χ2n) is 5.64. The van der Waals surface area contributed by atoms with Crippen molar-refractivity contribution in [3.63, 3.8) is 0 Å². The van der Waals surface area contributed by atoms with Gasteiger partial charge >= 0.3 is 6.03 Å². The van der Waals surface area contributed by atoms with E-state index in [9.17, 15) is 9.90 Å². The lowest BCUT2D eigenvalue weighted by atomic mass is 9.80. The maximum Gasteiger partial charge on any atom is 0.319 e. The first-order valence-electron chi connectivity index (χ1n) is 7.32. The van der Waals surface area contributed by atoms with Crippen molar-refractivity contribution in [2.45, 2.75) is 31.4 Å². The summed E-state index contributed by atoms with van der Waals surface area (Å²) in [7, 11) is 0. The lowest BCUT2D eigenvalue weighted by Gasteiger charge is -2.36. The summed E-state index contributed by atoms with van der Waals surface area (Å²) in [5.41, 5.74) is 0.930. The Morgan fingerprint density at radius 3 is 2.86 bits per heavy atom. The maximum absolute atomic E-state index is 12.0. The zero-order chi connectivity index (χ0) is 15.4. The number of amides is 2. The van der Waals surface area contributed by atoms with Gasteiger partial charge in [-0.2, -0.15) is 5.10 Å². The van der Waals surface area contributed by atoms with E-state index >= 15 is 0 Å². The molecule has 3 N–H and O–H groups in total. The maximum atomic E-state index is 12.0. The predicted octanol–water partition coefficient (Wildman–Crippen LogP) is 1.36. The third kappa shape index (κ3) is 3.43. The van der Waals surface area contributed by atoms with Crippen LogP contribution in [0.4, 0.5) is 10.5 Å². The van der Waals surface area contributed by atoms with Gasteiger partial charge < -0.3 is 15.7 Å². The van der Waals surface area contributed by atoms with Crippen LogP contribution in [0.15, 0.2) is 36.9 Å². The Labute approximate surface area is 128 Å². The quantitative estimate of drug-likeness (QED) is 0.777. The average molecular weight is 301 g/mol. The fourth-order valence-electron chi connectivity index (χ4n) is 2.44. The highest BCUT2D eigenvalue weighted by Crippen LogP contribution is 2.30. The molecule has 1 aliphatic carbocycles. The van der Waals surface area contributed by atoms with Crippen molar-refractivity contribution in [1.29, 1.82) is 0 Å². The summed E-state index contributed by atoms with van der Waals surface area (Å²) < 4.78 is 1.69. The Morgan fingerprint density at radius 2 is 2.18 bits per heavy atom. The van der Waals surface area contributed by atoms with E-state index in [1.54, 1.807) is 11.0 Å². The number of para-hydroxylation sites is 1. The lowest BCUT2D eigenvalue weighted by Crippen LogP contribution is -2.48. The summed E-state index contributed by atoms with van der Waals surface area (Å²) in [5.74, 6) is 0. The minimum atomic E-state index is -0.725. The van der Waals surface area contributed by atoms with Crippen LogP contribution in [-0.2, 0) is 6.54 Å². The van der Waals surface area contributed by atoms with Gasteiger partial charge in [-0.1, -0.05) is 18.2 Å². The molecule has 0 bridgehead atoms. The number of benzene rings is 1. The van der Waals surface area contributed by atoms with E-state index < -0.39 is 5.60 Å². The molecule has 0 aliphatic heterocycles. The van der Waals surface area contributed by atoms with Crippen molar-refractivity contribution < 1.29 is 9.90 Å². The van der Waals surface area contributed by atoms with E-state index in [-0.39, 0.29) is 12.6 Å². The van der Waals surface area contributed by atoms with Crippen LogP contribution in [0.1, 0.15) is 24.8 Å². The highest BCUT2D eigenvalue weighted by molar-refractivity contribution is 5.90. The standard InChI is InChI=1S/C15H19N5O2/c21-14(17-9-15(22)6-3-7-15)19-13-5-2-1-4-12(13)8-20-11-16-10-18-20/h1-2,4-5,10-11,22H,3,6-9H2,(H2,17,19,21). The third-order valence-electron chi connectivity index (χ3n) is 3.93. The number of urea groups is 1. The number of aliphatic hydroxyl groups is 1. The van der Waals surface area contributed by atoms with Crippen molar-refractivity contribution in [2.75, 3.05) is 11.9 Å². The monoisotopic (exact) mass is 301 g/mol. The van der Waals surface area contributed by atoms with Gasteiger partial charge in [0.15, 0.2) is 0 Å². The molecule has 1 saturated carbocycles. The zero-order valence-corrected chi connectivity index (χ0v) is 12.2. The van der Waals surface area contributed by atoms with Gasteiger partial charge in [-0.05, 0) is 30.9 Å². The van der Waals surface area contributed by atoms with E-state index in [1.165, 1.54) is 6.33 Å². The fraction of sp³-hybridized carbons (Fsp3) is 0.400. The van der Waals surface area contributed by atoms with Gasteiger partial charge in [-0.3, -0.25) is 0 Å². The minimum Gasteiger partial charge on any atom is -0.388 e. The summed E-state index contributed by atoms with van der Waals surface area (Å²) in [5, 5.41) is 19.6. The van der Waals surface area contributed by atoms with Crippen molar-refractivity contribution >= 4 is 11.7 Å². The Kier molecular flexibility index (Phi) is 4.06. The third-order valence-corrected chi connectivity index (χ3v) is 3.93. The molecule has 0 radical (unpaired) electrons. The number of rotatable bonds is 5. The highest BCUT2D eigenvalue weighted by Gasteiger charge is 2.34. The number of nitrogens with zero attached hydrogens (tertiary/aromatic N) is 3. The van der Waals surface area contributed by atoms with Crippen LogP contribution in [0.3, 0.4) is 0 Å². The molecular weight excluding hydrogens is 282 g/mol. The summed E-state index contributed by atoms with van der Waals surface area (Å²) in [6.07, 6.45) is 5.61. The summed E-state index contributed by atoms with van der Waals surface area (Å²) >= 11 is 0. The lowest BCUT2D eigenvalue weighted by molar-refractivity contribution is -0.0287. The number of aromatic nitrogens is 3. The van der Waals surface area contributed by atoms with E-state index in [0.29, 0.717) is 6.54 Å². The van der Waals surface area contributed by atoms with Gasteiger partial charge in [0.05, 0.1) is 12.1 Å². The summed E-state index contributed by atoms with van der Waals surface area (Å²) in [6, 6.07) is 7.22. The largest absolute Gasteiger partial charge is 0.388 e. The number of carbonyl (C=O) groups excluding carboxylic acids is 1. The molecule has 2 aromatic rings. The van der Waals surface area contributed by atoms with Crippen molar-refractivity contribution in [2.24, 2.45) is 0 Å². The molecule has 0 unspecified atom stereocenters. The van der Waals surface area contributed by atoms with Gasteiger partial charge in [-0.15, -0.1) is 0 Å². The van der Waals surface area contributed by atoms with Crippen LogP contribution in [0.2, 0.25) is 0 Å². The average Bonchev–Trinajstić information content (AvgIpc) is 2.98. The topological polar surface area (TPSA) is 92.1 Å². The molecule has 1 aromatic carbocycles. The molecule has 7 nitrogen and oxygen atoms in total. The summed E-state index contributed by atoms with van der Waals surface area (Å²) in [4.78, 5) is 15.9. The molecule has 1 aromatic heterocycles. The van der Waals surface area contributed by atoms with E-state index in [4.69, 9.17) is 0 Å². The second kappa shape index (κ2) is 6.15.